The van der Waals surface area contributed by atoms with Gasteiger partial charge in [-0.3, -0.25) is 0 Å². The maximum atomic E-state index is 5.62. The lowest BCUT2D eigenvalue weighted by Crippen LogP contribution is -2.15. The lowest BCUT2D eigenvalue weighted by molar-refractivity contribution is 0.303. The second-order valence-electron chi connectivity index (χ2n) is 3.28. The van der Waals surface area contributed by atoms with Crippen LogP contribution in [-0.2, 0) is 0 Å². The highest BCUT2D eigenvalue weighted by Crippen LogP contribution is 2.08. The van der Waals surface area contributed by atoms with Crippen LogP contribution in [0.2, 0.25) is 0 Å². The minimum atomic E-state index is 0.277. The minimum absolute atomic E-state index is 0.277. The maximum Gasteiger partial charge on any atom is 0.119 e. The largest absolute Gasteiger partial charge is 0.494 e. The van der Waals surface area contributed by atoms with E-state index in [0.29, 0.717) is 0 Å². The van der Waals surface area contributed by atoms with Gasteiger partial charge in [0.25, 0.3) is 0 Å². The number of rotatable bonds is 5. The van der Waals surface area contributed by atoms with E-state index >= 15 is 0 Å². The summed E-state index contributed by atoms with van der Waals surface area (Å²) in [6, 6.07) is 10.1. The highest BCUT2D eigenvalue weighted by atomic mass is 16.5. The Hall–Kier alpha value is -1.02. The average Bonchev–Trinajstić information content (AvgIpc) is 2.14. The first kappa shape index (κ1) is 10.1. The third-order valence-electron chi connectivity index (χ3n) is 1.82. The molecule has 0 saturated carbocycles. The fourth-order valence-electron chi connectivity index (χ4n) is 1.11. The van der Waals surface area contributed by atoms with Crippen molar-refractivity contribution in [3.8, 4) is 5.75 Å². The summed E-state index contributed by atoms with van der Waals surface area (Å²) in [7, 11) is 0. The molecular weight excluding hydrogens is 162 g/mol. The zero-order chi connectivity index (χ0) is 9.52. The fraction of sp³-hybridized carbons (Fsp3) is 0.455. The zero-order valence-corrected chi connectivity index (χ0v) is 8.07. The van der Waals surface area contributed by atoms with Gasteiger partial charge in [0.05, 0.1) is 6.61 Å². The van der Waals surface area contributed by atoms with Gasteiger partial charge < -0.3 is 10.5 Å². The van der Waals surface area contributed by atoms with E-state index in [0.717, 1.165) is 25.2 Å². The van der Waals surface area contributed by atoms with Crippen molar-refractivity contribution in [3.63, 3.8) is 0 Å². The van der Waals surface area contributed by atoms with E-state index in [-0.39, 0.29) is 6.04 Å². The summed E-state index contributed by atoms with van der Waals surface area (Å²) in [6.45, 7) is 2.77. The van der Waals surface area contributed by atoms with Gasteiger partial charge >= 0.3 is 0 Å². The molecular formula is C11H17NO. The lowest BCUT2D eigenvalue weighted by Gasteiger charge is -2.06. The molecule has 1 rings (SSSR count). The number of hydrogen-bond donors (Lipinski definition) is 1. The molecule has 2 heteroatoms. The van der Waals surface area contributed by atoms with Crippen molar-refractivity contribution in [1.82, 2.24) is 0 Å². The van der Waals surface area contributed by atoms with Crippen molar-refractivity contribution in [3.05, 3.63) is 30.3 Å². The van der Waals surface area contributed by atoms with Gasteiger partial charge in [-0.1, -0.05) is 18.2 Å². The normalized spacial score (nSPS) is 12.5. The zero-order valence-electron chi connectivity index (χ0n) is 8.07. The quantitative estimate of drug-likeness (QED) is 0.703. The van der Waals surface area contributed by atoms with Crippen molar-refractivity contribution in [2.45, 2.75) is 25.8 Å². The standard InChI is InChI=1S/C11H17NO/c1-10(12)6-5-9-13-11-7-3-2-4-8-11/h2-4,7-8,10H,5-6,9,12H2,1H3. The van der Waals surface area contributed by atoms with Crippen molar-refractivity contribution in [1.29, 1.82) is 0 Å². The summed E-state index contributed by atoms with van der Waals surface area (Å²) in [5.41, 5.74) is 5.62. The highest BCUT2D eigenvalue weighted by molar-refractivity contribution is 5.20. The molecule has 1 unspecified atom stereocenters. The summed E-state index contributed by atoms with van der Waals surface area (Å²) in [5.74, 6) is 0.937. The molecule has 2 nitrogen and oxygen atoms in total. The third kappa shape index (κ3) is 4.53. The number of para-hydroxylation sites is 1. The molecule has 0 heterocycles. The highest BCUT2D eigenvalue weighted by Gasteiger charge is 1.94. The summed E-state index contributed by atoms with van der Waals surface area (Å²) in [6.07, 6.45) is 2.04. The van der Waals surface area contributed by atoms with Crippen LogP contribution >= 0.6 is 0 Å². The van der Waals surface area contributed by atoms with E-state index < -0.39 is 0 Å². The summed E-state index contributed by atoms with van der Waals surface area (Å²) in [5, 5.41) is 0. The van der Waals surface area contributed by atoms with E-state index in [1.165, 1.54) is 0 Å². The topological polar surface area (TPSA) is 35.2 Å². The van der Waals surface area contributed by atoms with Crippen LogP contribution in [0, 0.1) is 0 Å². The Morgan fingerprint density at radius 1 is 1.31 bits per heavy atom. The molecule has 1 atom stereocenters. The van der Waals surface area contributed by atoms with Gasteiger partial charge in [0.15, 0.2) is 0 Å². The molecule has 0 spiro atoms. The Labute approximate surface area is 79.7 Å². The second-order valence-corrected chi connectivity index (χ2v) is 3.28. The summed E-state index contributed by atoms with van der Waals surface area (Å²) in [4.78, 5) is 0. The van der Waals surface area contributed by atoms with Crippen LogP contribution in [0.3, 0.4) is 0 Å². The van der Waals surface area contributed by atoms with Crippen LogP contribution in [-0.4, -0.2) is 12.6 Å². The molecule has 0 radical (unpaired) electrons. The van der Waals surface area contributed by atoms with Gasteiger partial charge in [0.1, 0.15) is 5.75 Å². The van der Waals surface area contributed by atoms with E-state index in [1.54, 1.807) is 0 Å². The molecule has 1 aromatic rings. The van der Waals surface area contributed by atoms with E-state index in [4.69, 9.17) is 10.5 Å². The van der Waals surface area contributed by atoms with Crippen molar-refractivity contribution in [2.75, 3.05) is 6.61 Å². The third-order valence-corrected chi connectivity index (χ3v) is 1.82. The molecule has 1 aromatic carbocycles. The first-order valence-electron chi connectivity index (χ1n) is 4.72. The molecule has 0 bridgehead atoms. The number of nitrogens with two attached hydrogens (primary N) is 1. The van der Waals surface area contributed by atoms with Crippen LogP contribution < -0.4 is 10.5 Å². The minimum Gasteiger partial charge on any atom is -0.494 e. The maximum absolute atomic E-state index is 5.62. The first-order chi connectivity index (χ1) is 6.29. The van der Waals surface area contributed by atoms with E-state index in [1.807, 2.05) is 37.3 Å². The van der Waals surface area contributed by atoms with Crippen LogP contribution in [0.15, 0.2) is 30.3 Å². The molecule has 0 aliphatic carbocycles. The molecule has 0 aromatic heterocycles. The van der Waals surface area contributed by atoms with E-state index in [9.17, 15) is 0 Å². The summed E-state index contributed by atoms with van der Waals surface area (Å²) < 4.78 is 5.50. The van der Waals surface area contributed by atoms with Crippen LogP contribution in [0.25, 0.3) is 0 Å². The van der Waals surface area contributed by atoms with Crippen molar-refractivity contribution < 1.29 is 4.74 Å². The Morgan fingerprint density at radius 3 is 2.62 bits per heavy atom. The lowest BCUT2D eigenvalue weighted by atomic mass is 10.2. The predicted octanol–water partition coefficient (Wildman–Crippen LogP) is 2.19. The van der Waals surface area contributed by atoms with Gasteiger partial charge in [-0.2, -0.15) is 0 Å². The van der Waals surface area contributed by atoms with Crippen LogP contribution in [0.4, 0.5) is 0 Å². The second kappa shape index (κ2) is 5.60. The number of ether oxygens (including phenoxy) is 1. The Morgan fingerprint density at radius 2 is 2.00 bits per heavy atom. The molecule has 0 aliphatic heterocycles. The van der Waals surface area contributed by atoms with Crippen LogP contribution in [0.5, 0.6) is 5.75 Å². The van der Waals surface area contributed by atoms with E-state index in [2.05, 4.69) is 0 Å². The SMILES string of the molecule is CC(N)CCCOc1ccccc1. The Balaban J connectivity index is 2.13. The molecule has 0 saturated heterocycles. The average molecular weight is 179 g/mol. The van der Waals surface area contributed by atoms with Crippen molar-refractivity contribution in [2.24, 2.45) is 5.73 Å². The molecule has 0 amide bonds. The molecule has 0 fully saturated rings. The van der Waals surface area contributed by atoms with Crippen LogP contribution in [0.1, 0.15) is 19.8 Å². The van der Waals surface area contributed by atoms with Crippen molar-refractivity contribution >= 4 is 0 Å². The Bertz CT molecular complexity index is 221. The smallest absolute Gasteiger partial charge is 0.119 e. The monoisotopic (exact) mass is 179 g/mol. The van der Waals surface area contributed by atoms with Gasteiger partial charge in [-0.25, -0.2) is 0 Å². The Kier molecular flexibility index (Phi) is 4.33. The molecule has 2 N–H and O–H groups in total. The fourth-order valence-corrected chi connectivity index (χ4v) is 1.11. The number of hydrogen-bond acceptors (Lipinski definition) is 2. The molecule has 13 heavy (non-hydrogen) atoms. The molecule has 72 valence electrons. The van der Waals surface area contributed by atoms with Gasteiger partial charge in [0.2, 0.25) is 0 Å². The number of benzene rings is 1. The first-order valence-corrected chi connectivity index (χ1v) is 4.72. The molecule has 0 aliphatic rings. The van der Waals surface area contributed by atoms with Gasteiger partial charge in [0, 0.05) is 6.04 Å². The predicted molar refractivity (Wildman–Crippen MR) is 54.8 cm³/mol. The van der Waals surface area contributed by atoms with Gasteiger partial charge in [-0.05, 0) is 31.9 Å². The van der Waals surface area contributed by atoms with Gasteiger partial charge in [-0.15, -0.1) is 0 Å². The summed E-state index contributed by atoms with van der Waals surface area (Å²) >= 11 is 0.